The summed E-state index contributed by atoms with van der Waals surface area (Å²) in [6.45, 7) is 5.11. The third-order valence-corrected chi connectivity index (χ3v) is 8.29. The summed E-state index contributed by atoms with van der Waals surface area (Å²) in [6.07, 6.45) is 6.11. The van der Waals surface area contributed by atoms with Crippen molar-refractivity contribution in [2.75, 3.05) is 38.3 Å². The molecule has 5 heterocycles. The van der Waals surface area contributed by atoms with Gasteiger partial charge in [-0.25, -0.2) is 0 Å². The summed E-state index contributed by atoms with van der Waals surface area (Å²) in [4.78, 5) is 32.7. The van der Waals surface area contributed by atoms with Crippen molar-refractivity contribution in [3.8, 4) is 17.2 Å². The average Bonchev–Trinajstić information content (AvgIpc) is 3.39. The van der Waals surface area contributed by atoms with Gasteiger partial charge in [-0.2, -0.15) is 10.4 Å². The average molecular weight is 540 g/mol. The second-order valence-corrected chi connectivity index (χ2v) is 10.6. The van der Waals surface area contributed by atoms with E-state index in [0.29, 0.717) is 24.3 Å². The molecule has 3 aliphatic rings. The number of nitriles is 1. The van der Waals surface area contributed by atoms with Gasteiger partial charge >= 0.3 is 0 Å². The largest absolute Gasteiger partial charge is 0.381 e. The molecule has 1 fully saturated rings. The summed E-state index contributed by atoms with van der Waals surface area (Å²) >= 11 is 0. The number of nitrogens with zero attached hydrogens (tertiary/aromatic N) is 6. The van der Waals surface area contributed by atoms with E-state index in [1.807, 2.05) is 17.0 Å². The van der Waals surface area contributed by atoms with Crippen LogP contribution in [-0.4, -0.2) is 64.8 Å². The molecule has 2 aromatic heterocycles. The van der Waals surface area contributed by atoms with Gasteiger partial charge in [-0.15, -0.1) is 0 Å². The fourth-order valence-corrected chi connectivity index (χ4v) is 6.15. The first-order valence-corrected chi connectivity index (χ1v) is 13.9. The van der Waals surface area contributed by atoms with Gasteiger partial charge < -0.3 is 19.9 Å². The van der Waals surface area contributed by atoms with Gasteiger partial charge in [-0.05, 0) is 49.4 Å². The number of ether oxygens (including phenoxy) is 1. The smallest absolute Gasteiger partial charge is 0.269 e. The Morgan fingerprint density at radius 2 is 1.98 bits per heavy atom. The fourth-order valence-electron chi connectivity index (χ4n) is 6.15. The number of carbonyl (C=O) groups excluding carboxylic acids is 2. The lowest BCUT2D eigenvalue weighted by molar-refractivity contribution is -0.129. The van der Waals surface area contributed by atoms with Crippen LogP contribution < -0.4 is 10.2 Å². The molecule has 10 nitrogen and oxygen atoms in total. The number of hydrogen-bond acceptors (Lipinski definition) is 7. The van der Waals surface area contributed by atoms with E-state index in [-0.39, 0.29) is 17.9 Å². The van der Waals surface area contributed by atoms with Gasteiger partial charge in [0.25, 0.3) is 5.91 Å². The van der Waals surface area contributed by atoms with Crippen LogP contribution in [0.1, 0.15) is 65.1 Å². The molecule has 0 spiro atoms. The summed E-state index contributed by atoms with van der Waals surface area (Å²) in [7, 11) is 1.57. The van der Waals surface area contributed by atoms with Crippen LogP contribution >= 0.6 is 0 Å². The third kappa shape index (κ3) is 4.60. The van der Waals surface area contributed by atoms with Gasteiger partial charge in [0.1, 0.15) is 5.69 Å². The van der Waals surface area contributed by atoms with E-state index in [4.69, 9.17) is 9.84 Å². The summed E-state index contributed by atoms with van der Waals surface area (Å²) in [6, 6.07) is 10.2. The summed E-state index contributed by atoms with van der Waals surface area (Å²) in [5, 5.41) is 18.0. The van der Waals surface area contributed by atoms with Crippen LogP contribution in [0, 0.1) is 11.3 Å². The molecule has 0 radical (unpaired) electrons. The second-order valence-electron chi connectivity index (χ2n) is 10.6. The molecule has 3 aromatic rings. The number of hydrogen-bond donors (Lipinski definition) is 1. The Labute approximate surface area is 233 Å². The SMILES string of the molecule is CNC(=O)c1ccc(-c2cc3c(cc2C#N)N(c2nn(C4CCOCC4)c4c2CN(C(C)=O)CC4)CCC3)cn1. The van der Waals surface area contributed by atoms with Crippen LogP contribution in [-0.2, 0) is 28.9 Å². The molecule has 0 atom stereocenters. The number of aryl methyl sites for hydroxylation is 1. The van der Waals surface area contributed by atoms with Crippen molar-refractivity contribution in [3.63, 3.8) is 0 Å². The minimum absolute atomic E-state index is 0.0712. The predicted octanol–water partition coefficient (Wildman–Crippen LogP) is 3.52. The highest BCUT2D eigenvalue weighted by molar-refractivity contribution is 5.92. The Kier molecular flexibility index (Phi) is 6.98. The number of anilines is 2. The van der Waals surface area contributed by atoms with Gasteiger partial charge in [0, 0.05) is 81.0 Å². The molecular formula is C30H33N7O3. The molecule has 2 amide bonds. The first-order chi connectivity index (χ1) is 19.5. The molecular weight excluding hydrogens is 506 g/mol. The number of carbonyl (C=O) groups is 2. The molecule has 10 heteroatoms. The maximum atomic E-state index is 12.3. The summed E-state index contributed by atoms with van der Waals surface area (Å²) < 4.78 is 7.83. The van der Waals surface area contributed by atoms with E-state index in [0.717, 1.165) is 85.6 Å². The van der Waals surface area contributed by atoms with Crippen molar-refractivity contribution in [2.45, 2.75) is 51.6 Å². The van der Waals surface area contributed by atoms with Crippen LogP contribution in [0.25, 0.3) is 11.1 Å². The van der Waals surface area contributed by atoms with Crippen LogP contribution in [0.15, 0.2) is 30.5 Å². The van der Waals surface area contributed by atoms with E-state index in [1.54, 1.807) is 26.2 Å². The highest BCUT2D eigenvalue weighted by Gasteiger charge is 2.33. The quantitative estimate of drug-likeness (QED) is 0.539. The first-order valence-electron chi connectivity index (χ1n) is 13.9. The van der Waals surface area contributed by atoms with Gasteiger partial charge in [0.05, 0.1) is 24.2 Å². The number of amides is 2. The number of aromatic nitrogens is 3. The van der Waals surface area contributed by atoms with Crippen molar-refractivity contribution in [3.05, 3.63) is 58.5 Å². The second kappa shape index (κ2) is 10.7. The monoisotopic (exact) mass is 539 g/mol. The molecule has 40 heavy (non-hydrogen) atoms. The van der Waals surface area contributed by atoms with Gasteiger partial charge in [-0.1, -0.05) is 6.07 Å². The summed E-state index contributed by atoms with van der Waals surface area (Å²) in [5.74, 6) is 0.712. The Balaban J connectivity index is 1.42. The zero-order chi connectivity index (χ0) is 27.8. The number of rotatable bonds is 4. The number of nitrogens with one attached hydrogen (secondary N) is 1. The van der Waals surface area contributed by atoms with Crippen molar-refractivity contribution in [1.82, 2.24) is 25.0 Å². The third-order valence-electron chi connectivity index (χ3n) is 8.29. The lowest BCUT2D eigenvalue weighted by Crippen LogP contribution is -2.36. The fraction of sp³-hybridized carbons (Fsp3) is 0.433. The standard InChI is InChI=1S/C30H33N7O3/c1-19(38)35-11-7-27-25(18-35)29(34-37(27)23-8-12-40-13-9-23)36-10-3-4-20-14-24(22(16-31)15-28(20)36)21-5-6-26(33-17-21)30(39)32-2/h5-6,14-15,17,23H,3-4,7-13,18H2,1-2H3,(H,32,39). The Hall–Kier alpha value is -4.23. The normalized spacial score (nSPS) is 17.1. The van der Waals surface area contributed by atoms with Gasteiger partial charge in [0.15, 0.2) is 5.82 Å². The first kappa shape index (κ1) is 26.0. The molecule has 0 bridgehead atoms. The number of benzene rings is 1. The Morgan fingerprint density at radius 3 is 2.67 bits per heavy atom. The topological polar surface area (TPSA) is 116 Å². The maximum Gasteiger partial charge on any atom is 0.269 e. The molecule has 3 aliphatic heterocycles. The van der Waals surface area contributed by atoms with Gasteiger partial charge in [-0.3, -0.25) is 19.3 Å². The molecule has 1 N–H and O–H groups in total. The van der Waals surface area contributed by atoms with E-state index in [9.17, 15) is 14.9 Å². The predicted molar refractivity (Wildman–Crippen MR) is 149 cm³/mol. The molecule has 0 aliphatic carbocycles. The molecule has 206 valence electrons. The zero-order valence-electron chi connectivity index (χ0n) is 22.9. The van der Waals surface area contributed by atoms with Crippen LogP contribution in [0.2, 0.25) is 0 Å². The lowest BCUT2D eigenvalue weighted by Gasteiger charge is -2.33. The van der Waals surface area contributed by atoms with Crippen molar-refractivity contribution < 1.29 is 14.3 Å². The van der Waals surface area contributed by atoms with E-state index < -0.39 is 0 Å². The maximum absolute atomic E-state index is 12.3. The van der Waals surface area contributed by atoms with Crippen molar-refractivity contribution in [2.24, 2.45) is 0 Å². The molecule has 0 unspecified atom stereocenters. The minimum Gasteiger partial charge on any atom is -0.381 e. The molecule has 1 saturated heterocycles. The van der Waals surface area contributed by atoms with E-state index >= 15 is 0 Å². The zero-order valence-corrected chi connectivity index (χ0v) is 22.9. The molecule has 1 aromatic carbocycles. The highest BCUT2D eigenvalue weighted by Crippen LogP contribution is 2.41. The lowest BCUT2D eigenvalue weighted by atomic mass is 9.92. The summed E-state index contributed by atoms with van der Waals surface area (Å²) in [5.41, 5.74) is 6.92. The molecule has 6 rings (SSSR count). The van der Waals surface area contributed by atoms with Crippen molar-refractivity contribution >= 4 is 23.3 Å². The van der Waals surface area contributed by atoms with E-state index in [1.165, 1.54) is 5.69 Å². The number of pyridine rings is 1. The Bertz CT molecular complexity index is 1500. The molecule has 0 saturated carbocycles. The number of fused-ring (bicyclic) bond motifs is 2. The highest BCUT2D eigenvalue weighted by atomic mass is 16.5. The minimum atomic E-state index is -0.250. The van der Waals surface area contributed by atoms with Crippen LogP contribution in [0.4, 0.5) is 11.5 Å². The van der Waals surface area contributed by atoms with Crippen LogP contribution in [0.3, 0.4) is 0 Å². The van der Waals surface area contributed by atoms with Gasteiger partial charge in [0.2, 0.25) is 5.91 Å². The van der Waals surface area contributed by atoms with Crippen LogP contribution in [0.5, 0.6) is 0 Å². The Morgan fingerprint density at radius 1 is 1.15 bits per heavy atom. The van der Waals surface area contributed by atoms with E-state index in [2.05, 4.69) is 32.0 Å². The van der Waals surface area contributed by atoms with Crippen molar-refractivity contribution in [1.29, 1.82) is 5.26 Å².